The molecule has 3 heterocycles. The number of nitrogens with one attached hydrogen (secondary N) is 1. The van der Waals surface area contributed by atoms with Crippen LogP contribution in [-0.4, -0.2) is 52.4 Å². The van der Waals surface area contributed by atoms with Crippen molar-refractivity contribution in [2.75, 3.05) is 31.5 Å². The number of halogens is 1. The van der Waals surface area contributed by atoms with Crippen molar-refractivity contribution in [3.63, 3.8) is 0 Å². The smallest absolute Gasteiger partial charge is 0.270 e. The highest BCUT2D eigenvalue weighted by molar-refractivity contribution is 6.06. The van der Waals surface area contributed by atoms with E-state index < -0.39 is 0 Å². The molecule has 0 spiro atoms. The molecule has 0 unspecified atom stereocenters. The predicted molar refractivity (Wildman–Crippen MR) is 134 cm³/mol. The van der Waals surface area contributed by atoms with Gasteiger partial charge in [-0.1, -0.05) is 30.7 Å². The van der Waals surface area contributed by atoms with E-state index in [0.29, 0.717) is 36.6 Å². The quantitative estimate of drug-likeness (QED) is 0.546. The first-order valence-corrected chi connectivity index (χ1v) is 12.4. The van der Waals surface area contributed by atoms with E-state index in [-0.39, 0.29) is 17.6 Å². The fourth-order valence-corrected chi connectivity index (χ4v) is 4.89. The lowest BCUT2D eigenvalue weighted by Gasteiger charge is -2.28. The van der Waals surface area contributed by atoms with Gasteiger partial charge in [0.05, 0.1) is 5.56 Å². The van der Waals surface area contributed by atoms with Crippen molar-refractivity contribution in [3.8, 4) is 0 Å². The summed E-state index contributed by atoms with van der Waals surface area (Å²) in [6, 6.07) is 16.0. The molecule has 2 amide bonds. The number of hydrogen-bond donors (Lipinski definition) is 1. The molecule has 3 aromatic rings. The summed E-state index contributed by atoms with van der Waals surface area (Å²) in [5.41, 5.74) is 4.02. The first kappa shape index (κ1) is 23.3. The molecule has 35 heavy (non-hydrogen) atoms. The number of rotatable bonds is 7. The Bertz CT molecular complexity index is 1180. The minimum Gasteiger partial charge on any atom is -0.341 e. The molecule has 1 N–H and O–H groups in total. The van der Waals surface area contributed by atoms with Gasteiger partial charge in [-0.3, -0.25) is 14.5 Å². The number of benzene rings is 2. The Morgan fingerprint density at radius 2 is 1.60 bits per heavy atom. The predicted octanol–water partition coefficient (Wildman–Crippen LogP) is 4.56. The number of carbonyl (C=O) groups is 2. The van der Waals surface area contributed by atoms with Gasteiger partial charge in [-0.15, -0.1) is 0 Å². The van der Waals surface area contributed by atoms with Crippen LogP contribution in [0.5, 0.6) is 0 Å². The molecule has 0 atom stereocenters. The number of anilines is 1. The van der Waals surface area contributed by atoms with E-state index in [1.54, 1.807) is 12.3 Å². The number of fused-ring (bicyclic) bond motifs is 1. The SMILES string of the molecule is O=C(Nc1ccc(F)cc1)c1cc2n(c1)CCN(CCc1ccc(CN3CCCCC3)cc1)C2=O. The molecule has 0 saturated carbocycles. The van der Waals surface area contributed by atoms with E-state index in [9.17, 15) is 14.0 Å². The summed E-state index contributed by atoms with van der Waals surface area (Å²) in [5, 5.41) is 2.75. The molecular formula is C28H31FN4O2. The van der Waals surface area contributed by atoms with E-state index in [1.165, 1.54) is 67.7 Å². The van der Waals surface area contributed by atoms with Crippen molar-refractivity contribution >= 4 is 17.5 Å². The van der Waals surface area contributed by atoms with E-state index in [0.717, 1.165) is 13.0 Å². The van der Waals surface area contributed by atoms with Gasteiger partial charge in [-0.05, 0) is 73.8 Å². The van der Waals surface area contributed by atoms with E-state index in [1.807, 2.05) is 9.47 Å². The third-order valence-corrected chi connectivity index (χ3v) is 6.93. The molecule has 0 radical (unpaired) electrons. The maximum atomic E-state index is 13.1. The highest BCUT2D eigenvalue weighted by Crippen LogP contribution is 2.19. The Balaban J connectivity index is 1.16. The zero-order valence-electron chi connectivity index (χ0n) is 19.9. The van der Waals surface area contributed by atoms with Crippen LogP contribution < -0.4 is 5.32 Å². The third-order valence-electron chi connectivity index (χ3n) is 6.93. The van der Waals surface area contributed by atoms with Gasteiger partial charge in [0.1, 0.15) is 11.5 Å². The van der Waals surface area contributed by atoms with Crippen molar-refractivity contribution in [1.29, 1.82) is 0 Å². The highest BCUT2D eigenvalue weighted by atomic mass is 19.1. The normalized spacial score (nSPS) is 16.3. The lowest BCUT2D eigenvalue weighted by Crippen LogP contribution is -2.40. The molecule has 2 aliphatic rings. The number of hydrogen-bond acceptors (Lipinski definition) is 3. The van der Waals surface area contributed by atoms with Crippen LogP contribution in [0.3, 0.4) is 0 Å². The standard InChI is InChI=1S/C28H31FN4O2/c29-24-8-10-25(11-9-24)30-27(34)23-18-26-28(35)32(16-17-33(26)20-23)15-12-21-4-6-22(7-5-21)19-31-13-2-1-3-14-31/h4-11,18,20H,1-3,12-17,19H2,(H,30,34). The fourth-order valence-electron chi connectivity index (χ4n) is 4.89. The van der Waals surface area contributed by atoms with Crippen molar-refractivity contribution in [1.82, 2.24) is 14.4 Å². The van der Waals surface area contributed by atoms with Gasteiger partial charge in [-0.25, -0.2) is 4.39 Å². The second-order valence-corrected chi connectivity index (χ2v) is 9.46. The van der Waals surface area contributed by atoms with E-state index >= 15 is 0 Å². The fraction of sp³-hybridized carbons (Fsp3) is 0.357. The summed E-state index contributed by atoms with van der Waals surface area (Å²) in [7, 11) is 0. The van der Waals surface area contributed by atoms with Crippen LogP contribution in [-0.2, 0) is 19.5 Å². The molecule has 1 saturated heterocycles. The van der Waals surface area contributed by atoms with Crippen LogP contribution >= 0.6 is 0 Å². The number of piperidine rings is 1. The first-order chi connectivity index (χ1) is 17.0. The maximum absolute atomic E-state index is 13.1. The van der Waals surface area contributed by atoms with Crippen LogP contribution in [0.15, 0.2) is 60.8 Å². The highest BCUT2D eigenvalue weighted by Gasteiger charge is 2.26. The zero-order chi connectivity index (χ0) is 24.2. The molecule has 2 aliphatic heterocycles. The van der Waals surface area contributed by atoms with E-state index in [4.69, 9.17) is 0 Å². The number of likely N-dealkylation sites (tertiary alicyclic amines) is 1. The lowest BCUT2D eigenvalue weighted by atomic mass is 10.1. The molecule has 0 bridgehead atoms. The number of carbonyl (C=O) groups excluding carboxylic acids is 2. The molecule has 2 aromatic carbocycles. The largest absolute Gasteiger partial charge is 0.341 e. The summed E-state index contributed by atoms with van der Waals surface area (Å²) in [4.78, 5) is 30.1. The number of amides is 2. The minimum atomic E-state index is -0.360. The third kappa shape index (κ3) is 5.62. The summed E-state index contributed by atoms with van der Waals surface area (Å²) >= 11 is 0. The molecule has 7 heteroatoms. The second kappa shape index (κ2) is 10.4. The van der Waals surface area contributed by atoms with Gasteiger partial charge >= 0.3 is 0 Å². The van der Waals surface area contributed by atoms with Crippen molar-refractivity contribution in [3.05, 3.63) is 89.0 Å². The van der Waals surface area contributed by atoms with Crippen LogP contribution in [0.25, 0.3) is 0 Å². The monoisotopic (exact) mass is 474 g/mol. The average Bonchev–Trinajstić information content (AvgIpc) is 3.32. The van der Waals surface area contributed by atoms with Gasteiger partial charge in [0.15, 0.2) is 0 Å². The van der Waals surface area contributed by atoms with E-state index in [2.05, 4.69) is 34.5 Å². The summed E-state index contributed by atoms with van der Waals surface area (Å²) in [6.07, 6.45) is 6.45. The molecular weight excluding hydrogens is 443 g/mol. The second-order valence-electron chi connectivity index (χ2n) is 9.46. The summed E-state index contributed by atoms with van der Waals surface area (Å²) in [5.74, 6) is -0.734. The van der Waals surface area contributed by atoms with Gasteiger partial charge in [0, 0.05) is 38.1 Å². The average molecular weight is 475 g/mol. The van der Waals surface area contributed by atoms with Crippen LogP contribution in [0.1, 0.15) is 51.2 Å². The molecule has 5 rings (SSSR count). The maximum Gasteiger partial charge on any atom is 0.270 e. The Hall–Kier alpha value is -3.45. The number of nitrogens with zero attached hydrogens (tertiary/aromatic N) is 3. The van der Waals surface area contributed by atoms with Crippen molar-refractivity contribution < 1.29 is 14.0 Å². The van der Waals surface area contributed by atoms with Crippen LogP contribution in [0.2, 0.25) is 0 Å². The van der Waals surface area contributed by atoms with Gasteiger partial charge in [0.25, 0.3) is 11.8 Å². The van der Waals surface area contributed by atoms with Gasteiger partial charge in [0.2, 0.25) is 0 Å². The van der Waals surface area contributed by atoms with Crippen molar-refractivity contribution in [2.45, 2.75) is 38.8 Å². The molecule has 1 fully saturated rings. The van der Waals surface area contributed by atoms with Crippen LogP contribution in [0, 0.1) is 5.82 Å². The molecule has 1 aromatic heterocycles. The Morgan fingerprint density at radius 3 is 2.34 bits per heavy atom. The molecule has 182 valence electrons. The molecule has 0 aliphatic carbocycles. The minimum absolute atomic E-state index is 0.0567. The number of aromatic nitrogens is 1. The Kier molecular flexibility index (Phi) is 6.95. The Labute approximate surface area is 205 Å². The lowest BCUT2D eigenvalue weighted by molar-refractivity contribution is 0.0707. The van der Waals surface area contributed by atoms with Crippen LogP contribution in [0.4, 0.5) is 10.1 Å². The van der Waals surface area contributed by atoms with Gasteiger partial charge in [-0.2, -0.15) is 0 Å². The summed E-state index contributed by atoms with van der Waals surface area (Å²) in [6.45, 7) is 5.31. The zero-order valence-corrected chi connectivity index (χ0v) is 19.9. The molecule has 6 nitrogen and oxygen atoms in total. The van der Waals surface area contributed by atoms with Gasteiger partial charge < -0.3 is 14.8 Å². The summed E-state index contributed by atoms with van der Waals surface area (Å²) < 4.78 is 14.9. The Morgan fingerprint density at radius 1 is 0.886 bits per heavy atom. The topological polar surface area (TPSA) is 57.6 Å². The first-order valence-electron chi connectivity index (χ1n) is 12.4. The van der Waals surface area contributed by atoms with Crippen molar-refractivity contribution in [2.24, 2.45) is 0 Å².